The van der Waals surface area contributed by atoms with Gasteiger partial charge in [-0.25, -0.2) is 0 Å². The molecule has 0 fully saturated rings. The summed E-state index contributed by atoms with van der Waals surface area (Å²) < 4.78 is 40.5. The number of carbonyl (C=O) groups excluding carboxylic acids is 1. The summed E-state index contributed by atoms with van der Waals surface area (Å²) in [4.78, 5) is 25.0. The lowest BCUT2D eigenvalue weighted by Crippen LogP contribution is -2.36. The molecule has 0 bridgehead atoms. The molecule has 1 atom stereocenters. The highest BCUT2D eigenvalue weighted by Crippen LogP contribution is 2.30. The summed E-state index contributed by atoms with van der Waals surface area (Å²) in [5.41, 5.74) is -1.36. The largest absolute Gasteiger partial charge is 0.416 e. The zero-order valence-corrected chi connectivity index (χ0v) is 14.4. The van der Waals surface area contributed by atoms with Gasteiger partial charge >= 0.3 is 6.18 Å². The van der Waals surface area contributed by atoms with Gasteiger partial charge < -0.3 is 9.88 Å². The first-order chi connectivity index (χ1) is 11.7. The van der Waals surface area contributed by atoms with E-state index in [4.69, 9.17) is 0 Å². The van der Waals surface area contributed by atoms with Gasteiger partial charge in [0.15, 0.2) is 0 Å². The van der Waals surface area contributed by atoms with Gasteiger partial charge in [-0.1, -0.05) is 13.3 Å². The van der Waals surface area contributed by atoms with Crippen LogP contribution in [0.25, 0.3) is 10.9 Å². The third kappa shape index (κ3) is 4.03. The van der Waals surface area contributed by atoms with Crippen LogP contribution in [-0.4, -0.2) is 16.5 Å². The second-order valence-corrected chi connectivity index (χ2v) is 6.05. The fraction of sp³-hybridized carbons (Fsp3) is 0.444. The predicted molar refractivity (Wildman–Crippen MR) is 90.7 cm³/mol. The van der Waals surface area contributed by atoms with Crippen molar-refractivity contribution in [2.45, 2.75) is 52.4 Å². The molecule has 0 aliphatic carbocycles. The van der Waals surface area contributed by atoms with Crippen LogP contribution in [0.4, 0.5) is 13.2 Å². The van der Waals surface area contributed by atoms with Crippen LogP contribution < -0.4 is 10.7 Å². The van der Waals surface area contributed by atoms with E-state index in [0.29, 0.717) is 12.1 Å². The minimum Gasteiger partial charge on any atom is -0.349 e. The number of rotatable bonds is 5. The molecule has 1 unspecified atom stereocenters. The minimum absolute atomic E-state index is 0.104. The lowest BCUT2D eigenvalue weighted by molar-refractivity contribution is -0.137. The fourth-order valence-corrected chi connectivity index (χ4v) is 2.80. The Morgan fingerprint density at radius 3 is 2.52 bits per heavy atom. The van der Waals surface area contributed by atoms with Gasteiger partial charge in [-0.15, -0.1) is 0 Å². The number of pyridine rings is 1. The topological polar surface area (TPSA) is 51.1 Å². The van der Waals surface area contributed by atoms with E-state index in [0.717, 1.165) is 25.0 Å². The average molecular weight is 354 g/mol. The van der Waals surface area contributed by atoms with Crippen LogP contribution in [0.2, 0.25) is 0 Å². The molecule has 0 aliphatic heterocycles. The highest BCUT2D eigenvalue weighted by atomic mass is 19.4. The minimum atomic E-state index is -4.55. The van der Waals surface area contributed by atoms with Gasteiger partial charge in [-0.05, 0) is 38.5 Å². The molecule has 1 aromatic carbocycles. The molecule has 136 valence electrons. The van der Waals surface area contributed by atoms with Crippen molar-refractivity contribution in [3.05, 3.63) is 45.7 Å². The SMILES string of the molecule is CCCC(C)NC(=O)c1cn(CC)c2ccc(C(F)(F)F)cc2c1=O. The second kappa shape index (κ2) is 7.29. The summed E-state index contributed by atoms with van der Waals surface area (Å²) >= 11 is 0. The number of alkyl halides is 3. The zero-order chi connectivity index (χ0) is 18.8. The van der Waals surface area contributed by atoms with E-state index in [1.54, 1.807) is 11.5 Å². The third-order valence-corrected chi connectivity index (χ3v) is 4.09. The van der Waals surface area contributed by atoms with Crippen LogP contribution in [0.15, 0.2) is 29.2 Å². The molecule has 0 aliphatic rings. The molecular formula is C18H21F3N2O2. The van der Waals surface area contributed by atoms with Gasteiger partial charge in [0.25, 0.3) is 5.91 Å². The van der Waals surface area contributed by atoms with Crippen LogP contribution in [-0.2, 0) is 12.7 Å². The molecule has 1 amide bonds. The van der Waals surface area contributed by atoms with E-state index in [-0.39, 0.29) is 17.0 Å². The van der Waals surface area contributed by atoms with Crippen molar-refractivity contribution in [1.29, 1.82) is 0 Å². The molecule has 25 heavy (non-hydrogen) atoms. The number of nitrogens with zero attached hydrogens (tertiary/aromatic N) is 1. The number of amides is 1. The first-order valence-corrected chi connectivity index (χ1v) is 8.24. The lowest BCUT2D eigenvalue weighted by atomic mass is 10.1. The van der Waals surface area contributed by atoms with Crippen molar-refractivity contribution in [3.63, 3.8) is 0 Å². The van der Waals surface area contributed by atoms with Crippen LogP contribution >= 0.6 is 0 Å². The molecule has 0 saturated carbocycles. The summed E-state index contributed by atoms with van der Waals surface area (Å²) in [7, 11) is 0. The molecule has 0 saturated heterocycles. The molecule has 0 spiro atoms. The van der Waals surface area contributed by atoms with Crippen molar-refractivity contribution >= 4 is 16.8 Å². The highest BCUT2D eigenvalue weighted by molar-refractivity contribution is 5.97. The molecule has 4 nitrogen and oxygen atoms in total. The van der Waals surface area contributed by atoms with Gasteiger partial charge in [-0.3, -0.25) is 9.59 Å². The number of aromatic nitrogens is 1. The van der Waals surface area contributed by atoms with Gasteiger partial charge in [0.2, 0.25) is 5.43 Å². The predicted octanol–water partition coefficient (Wildman–Crippen LogP) is 3.96. The maximum Gasteiger partial charge on any atom is 0.416 e. The molecule has 2 aromatic rings. The van der Waals surface area contributed by atoms with Crippen molar-refractivity contribution in [1.82, 2.24) is 9.88 Å². The van der Waals surface area contributed by atoms with E-state index < -0.39 is 23.1 Å². The summed E-state index contributed by atoms with van der Waals surface area (Å²) in [6.45, 7) is 6.01. The molecule has 1 N–H and O–H groups in total. The molecule has 0 radical (unpaired) electrons. The number of benzene rings is 1. The van der Waals surface area contributed by atoms with E-state index in [9.17, 15) is 22.8 Å². The van der Waals surface area contributed by atoms with E-state index in [1.165, 1.54) is 12.3 Å². The number of halogens is 3. The van der Waals surface area contributed by atoms with E-state index in [2.05, 4.69) is 5.32 Å². The molecule has 7 heteroatoms. The fourth-order valence-electron chi connectivity index (χ4n) is 2.80. The smallest absolute Gasteiger partial charge is 0.349 e. The number of aryl methyl sites for hydroxylation is 1. The van der Waals surface area contributed by atoms with E-state index in [1.807, 2.05) is 13.8 Å². The Kier molecular flexibility index (Phi) is 5.55. The lowest BCUT2D eigenvalue weighted by Gasteiger charge is -2.16. The molecule has 1 heterocycles. The average Bonchev–Trinajstić information content (AvgIpc) is 2.54. The normalized spacial score (nSPS) is 13.0. The summed E-state index contributed by atoms with van der Waals surface area (Å²) in [5.74, 6) is -0.563. The Morgan fingerprint density at radius 1 is 1.28 bits per heavy atom. The van der Waals surface area contributed by atoms with Crippen molar-refractivity contribution in [2.24, 2.45) is 0 Å². The van der Waals surface area contributed by atoms with Gasteiger partial charge in [0.1, 0.15) is 5.56 Å². The zero-order valence-electron chi connectivity index (χ0n) is 14.4. The van der Waals surface area contributed by atoms with Crippen LogP contribution in [0.5, 0.6) is 0 Å². The first-order valence-electron chi connectivity index (χ1n) is 8.24. The summed E-state index contributed by atoms with van der Waals surface area (Å²) in [6, 6.07) is 2.90. The van der Waals surface area contributed by atoms with Gasteiger partial charge in [0.05, 0.1) is 11.1 Å². The number of fused-ring (bicyclic) bond motifs is 1. The van der Waals surface area contributed by atoms with Crippen LogP contribution in [0.3, 0.4) is 0 Å². The number of hydrogen-bond donors (Lipinski definition) is 1. The molecular weight excluding hydrogens is 333 g/mol. The first kappa shape index (κ1) is 19.0. The second-order valence-electron chi connectivity index (χ2n) is 6.05. The Balaban J connectivity index is 2.60. The summed E-state index contributed by atoms with van der Waals surface area (Å²) in [6.07, 6.45) is -1.52. The highest BCUT2D eigenvalue weighted by Gasteiger charge is 2.31. The third-order valence-electron chi connectivity index (χ3n) is 4.09. The Morgan fingerprint density at radius 2 is 1.96 bits per heavy atom. The van der Waals surface area contributed by atoms with E-state index >= 15 is 0 Å². The van der Waals surface area contributed by atoms with Crippen molar-refractivity contribution < 1.29 is 18.0 Å². The van der Waals surface area contributed by atoms with Gasteiger partial charge in [-0.2, -0.15) is 13.2 Å². The molecule has 2 rings (SSSR count). The molecule has 1 aromatic heterocycles. The quantitative estimate of drug-likeness (QED) is 0.884. The number of carbonyl (C=O) groups is 1. The van der Waals surface area contributed by atoms with Gasteiger partial charge in [0, 0.05) is 24.2 Å². The Hall–Kier alpha value is -2.31. The number of nitrogens with one attached hydrogen (secondary N) is 1. The monoisotopic (exact) mass is 354 g/mol. The van der Waals surface area contributed by atoms with Crippen molar-refractivity contribution in [3.8, 4) is 0 Å². The Bertz CT molecular complexity index is 841. The maximum absolute atomic E-state index is 13.0. The van der Waals surface area contributed by atoms with Crippen LogP contribution in [0, 0.1) is 0 Å². The summed E-state index contributed by atoms with van der Waals surface area (Å²) in [5, 5.41) is 2.62. The number of hydrogen-bond acceptors (Lipinski definition) is 2. The van der Waals surface area contributed by atoms with Crippen LogP contribution in [0.1, 0.15) is 49.5 Å². The van der Waals surface area contributed by atoms with Crippen molar-refractivity contribution in [2.75, 3.05) is 0 Å². The Labute approximate surface area is 143 Å². The standard InChI is InChI=1S/C18H21F3N2O2/c1-4-6-11(3)22-17(25)14-10-23(5-2)15-8-7-12(18(19,20)21)9-13(15)16(14)24/h7-11H,4-6H2,1-3H3,(H,22,25). The maximum atomic E-state index is 13.0.